The normalized spacial score (nSPS) is 10.7. The highest BCUT2D eigenvalue weighted by Crippen LogP contribution is 2.22. The minimum Gasteiger partial charge on any atom is -0.321 e. The molecule has 0 bridgehead atoms. The molecule has 0 fully saturated rings. The zero-order chi connectivity index (χ0) is 18.6. The topological polar surface area (TPSA) is 46.9 Å². The summed E-state index contributed by atoms with van der Waals surface area (Å²) >= 11 is 7.29. The fourth-order valence-electron chi connectivity index (χ4n) is 2.76. The number of benzene rings is 2. The molecule has 4 rings (SSSR count). The number of thiophene rings is 1. The largest absolute Gasteiger partial charge is 0.321 e. The number of hydrogen-bond donors (Lipinski definition) is 1. The van der Waals surface area contributed by atoms with Crippen LogP contribution in [0.5, 0.6) is 0 Å². The van der Waals surface area contributed by atoms with Gasteiger partial charge in [0.25, 0.3) is 5.91 Å². The van der Waals surface area contributed by atoms with E-state index < -0.39 is 0 Å². The average Bonchev–Trinajstić information content (AvgIpc) is 3.32. The van der Waals surface area contributed by atoms with E-state index in [1.807, 2.05) is 53.9 Å². The molecule has 0 saturated heterocycles. The van der Waals surface area contributed by atoms with Crippen LogP contribution in [0.15, 0.2) is 78.4 Å². The second kappa shape index (κ2) is 7.78. The number of rotatable bonds is 5. The van der Waals surface area contributed by atoms with Gasteiger partial charge in [0.05, 0.1) is 22.6 Å². The first-order valence-electron chi connectivity index (χ1n) is 8.39. The molecule has 0 unspecified atom stereocenters. The summed E-state index contributed by atoms with van der Waals surface area (Å²) in [6.45, 7) is 0.586. The van der Waals surface area contributed by atoms with Crippen molar-refractivity contribution in [2.75, 3.05) is 5.32 Å². The fourth-order valence-corrected chi connectivity index (χ4v) is 3.71. The highest BCUT2D eigenvalue weighted by atomic mass is 35.5. The highest BCUT2D eigenvalue weighted by Gasteiger charge is 2.10. The molecular formula is C21H16ClN3OS. The number of aromatic nitrogens is 2. The highest BCUT2D eigenvalue weighted by molar-refractivity contribution is 7.12. The van der Waals surface area contributed by atoms with Crippen molar-refractivity contribution >= 4 is 34.5 Å². The molecule has 0 aliphatic heterocycles. The van der Waals surface area contributed by atoms with E-state index in [0.29, 0.717) is 16.4 Å². The molecule has 0 spiro atoms. The van der Waals surface area contributed by atoms with E-state index in [1.54, 1.807) is 17.1 Å². The van der Waals surface area contributed by atoms with Gasteiger partial charge >= 0.3 is 0 Å². The summed E-state index contributed by atoms with van der Waals surface area (Å²) < 4.78 is 1.74. The number of carbonyl (C=O) groups is 1. The lowest BCUT2D eigenvalue weighted by atomic mass is 10.1. The van der Waals surface area contributed by atoms with Crippen LogP contribution >= 0.6 is 22.9 Å². The van der Waals surface area contributed by atoms with Gasteiger partial charge < -0.3 is 5.32 Å². The van der Waals surface area contributed by atoms with Crippen molar-refractivity contribution in [1.82, 2.24) is 9.78 Å². The van der Waals surface area contributed by atoms with Gasteiger partial charge in [-0.15, -0.1) is 11.3 Å². The Balaban J connectivity index is 1.42. The van der Waals surface area contributed by atoms with Gasteiger partial charge in [0.15, 0.2) is 0 Å². The van der Waals surface area contributed by atoms with E-state index >= 15 is 0 Å². The van der Waals surface area contributed by atoms with Crippen molar-refractivity contribution in [3.8, 4) is 11.1 Å². The van der Waals surface area contributed by atoms with Crippen LogP contribution in [0, 0.1) is 0 Å². The standard InChI is InChI=1S/C21H16ClN3OS/c22-18-11-23-25(13-18)12-15-10-20(27-14-15)21(26)24-19-8-6-17(7-9-19)16-4-2-1-3-5-16/h1-11,13-14H,12H2,(H,24,26). The first-order chi connectivity index (χ1) is 13.2. The van der Waals surface area contributed by atoms with Crippen molar-refractivity contribution in [3.05, 3.63) is 93.9 Å². The minimum atomic E-state index is -0.114. The molecule has 1 N–H and O–H groups in total. The SMILES string of the molecule is O=C(Nc1ccc(-c2ccccc2)cc1)c1cc(Cn2cc(Cl)cn2)cs1. The smallest absolute Gasteiger partial charge is 0.265 e. The van der Waals surface area contributed by atoms with Crippen LogP contribution in [-0.4, -0.2) is 15.7 Å². The second-order valence-corrected chi connectivity index (χ2v) is 7.42. The van der Waals surface area contributed by atoms with Crippen molar-refractivity contribution in [3.63, 3.8) is 0 Å². The third kappa shape index (κ3) is 4.27. The Bertz CT molecular complexity index is 1050. The molecular weight excluding hydrogens is 378 g/mol. The lowest BCUT2D eigenvalue weighted by molar-refractivity contribution is 0.103. The Kier molecular flexibility index (Phi) is 5.05. The Morgan fingerprint density at radius 1 is 1.07 bits per heavy atom. The monoisotopic (exact) mass is 393 g/mol. The van der Waals surface area contributed by atoms with Crippen LogP contribution in [0.1, 0.15) is 15.2 Å². The Labute approximate surface area is 166 Å². The lowest BCUT2D eigenvalue weighted by Crippen LogP contribution is -2.10. The number of nitrogens with zero attached hydrogens (tertiary/aromatic N) is 2. The fraction of sp³-hybridized carbons (Fsp3) is 0.0476. The minimum absolute atomic E-state index is 0.114. The average molecular weight is 394 g/mol. The zero-order valence-corrected chi connectivity index (χ0v) is 15.9. The molecule has 0 aliphatic rings. The van der Waals surface area contributed by atoms with Gasteiger partial charge in [0, 0.05) is 11.9 Å². The molecule has 4 aromatic rings. The van der Waals surface area contributed by atoms with Gasteiger partial charge in [-0.2, -0.15) is 5.10 Å². The Morgan fingerprint density at radius 3 is 2.52 bits per heavy atom. The van der Waals surface area contributed by atoms with Crippen LogP contribution < -0.4 is 5.32 Å². The number of anilines is 1. The molecule has 134 valence electrons. The summed E-state index contributed by atoms with van der Waals surface area (Å²) in [5.41, 5.74) is 4.06. The molecule has 6 heteroatoms. The van der Waals surface area contributed by atoms with E-state index in [2.05, 4.69) is 22.5 Å². The molecule has 4 nitrogen and oxygen atoms in total. The van der Waals surface area contributed by atoms with Crippen LogP contribution in [0.2, 0.25) is 5.02 Å². The van der Waals surface area contributed by atoms with Gasteiger partial charge in [0.1, 0.15) is 0 Å². The summed E-state index contributed by atoms with van der Waals surface area (Å²) in [7, 11) is 0. The summed E-state index contributed by atoms with van der Waals surface area (Å²) in [5.74, 6) is -0.114. The number of amides is 1. The summed E-state index contributed by atoms with van der Waals surface area (Å²) in [6.07, 6.45) is 3.36. The molecule has 0 atom stereocenters. The second-order valence-electron chi connectivity index (χ2n) is 6.07. The van der Waals surface area contributed by atoms with Crippen LogP contribution in [0.4, 0.5) is 5.69 Å². The molecule has 27 heavy (non-hydrogen) atoms. The van der Waals surface area contributed by atoms with Gasteiger partial charge in [-0.25, -0.2) is 0 Å². The van der Waals surface area contributed by atoms with Crippen molar-refractivity contribution in [2.24, 2.45) is 0 Å². The third-order valence-electron chi connectivity index (χ3n) is 4.07. The summed E-state index contributed by atoms with van der Waals surface area (Å²) in [4.78, 5) is 13.2. The number of nitrogens with one attached hydrogen (secondary N) is 1. The molecule has 0 aliphatic carbocycles. The van der Waals surface area contributed by atoms with Crippen LogP contribution in [-0.2, 0) is 6.54 Å². The van der Waals surface area contributed by atoms with Gasteiger partial charge in [0.2, 0.25) is 0 Å². The molecule has 2 heterocycles. The quantitative estimate of drug-likeness (QED) is 0.482. The Hall–Kier alpha value is -2.89. The molecule has 2 aromatic heterocycles. The van der Waals surface area contributed by atoms with E-state index in [-0.39, 0.29) is 5.91 Å². The van der Waals surface area contributed by atoms with Crippen molar-refractivity contribution < 1.29 is 4.79 Å². The van der Waals surface area contributed by atoms with Crippen LogP contribution in [0.25, 0.3) is 11.1 Å². The van der Waals surface area contributed by atoms with E-state index in [4.69, 9.17) is 11.6 Å². The van der Waals surface area contributed by atoms with Crippen molar-refractivity contribution in [1.29, 1.82) is 0 Å². The molecule has 2 aromatic carbocycles. The Morgan fingerprint density at radius 2 is 1.81 bits per heavy atom. The van der Waals surface area contributed by atoms with E-state index in [0.717, 1.165) is 22.4 Å². The first-order valence-corrected chi connectivity index (χ1v) is 9.65. The predicted molar refractivity (Wildman–Crippen MR) is 110 cm³/mol. The number of halogens is 1. The van der Waals surface area contributed by atoms with Crippen LogP contribution in [0.3, 0.4) is 0 Å². The maximum absolute atomic E-state index is 12.5. The zero-order valence-electron chi connectivity index (χ0n) is 14.3. The maximum atomic E-state index is 12.5. The van der Waals surface area contributed by atoms with Crippen molar-refractivity contribution in [2.45, 2.75) is 6.54 Å². The maximum Gasteiger partial charge on any atom is 0.265 e. The van der Waals surface area contributed by atoms with Gasteiger partial charge in [-0.3, -0.25) is 9.48 Å². The summed E-state index contributed by atoms with van der Waals surface area (Å²) in [6, 6.07) is 19.9. The molecule has 0 saturated carbocycles. The van der Waals surface area contributed by atoms with E-state index in [9.17, 15) is 4.79 Å². The van der Waals surface area contributed by atoms with Gasteiger partial charge in [-0.05, 0) is 40.3 Å². The number of hydrogen-bond acceptors (Lipinski definition) is 3. The predicted octanol–water partition coefficient (Wildman–Crippen LogP) is 5.57. The third-order valence-corrected chi connectivity index (χ3v) is 5.25. The lowest BCUT2D eigenvalue weighted by Gasteiger charge is -2.06. The molecule has 1 amide bonds. The van der Waals surface area contributed by atoms with E-state index in [1.165, 1.54) is 11.3 Å². The molecule has 0 radical (unpaired) electrons. The first kappa shape index (κ1) is 17.5. The number of carbonyl (C=O) groups excluding carboxylic acids is 1. The summed E-state index contributed by atoms with van der Waals surface area (Å²) in [5, 5.41) is 9.66. The van der Waals surface area contributed by atoms with Gasteiger partial charge in [-0.1, -0.05) is 54.1 Å².